The number of ether oxygens (including phenoxy) is 1. The highest BCUT2D eigenvalue weighted by Crippen LogP contribution is 2.28. The van der Waals surface area contributed by atoms with Crippen molar-refractivity contribution in [1.82, 2.24) is 5.16 Å². The molecule has 7 nitrogen and oxygen atoms in total. The largest absolute Gasteiger partial charge is 0.497 e. The zero-order valence-electron chi connectivity index (χ0n) is 11.3. The van der Waals surface area contributed by atoms with E-state index < -0.39 is 10.0 Å². The quantitative estimate of drug-likeness (QED) is 0.831. The summed E-state index contributed by atoms with van der Waals surface area (Å²) in [4.78, 5) is 0.0136. The summed E-state index contributed by atoms with van der Waals surface area (Å²) in [6, 6.07) is 4.71. The van der Waals surface area contributed by atoms with Crippen molar-refractivity contribution >= 4 is 21.4 Å². The zero-order chi connectivity index (χ0) is 14.9. The first-order valence-corrected chi connectivity index (χ1v) is 7.22. The maximum Gasteiger partial charge on any atom is 0.267 e. The van der Waals surface area contributed by atoms with Gasteiger partial charge in [0.1, 0.15) is 11.4 Å². The summed E-state index contributed by atoms with van der Waals surface area (Å²) in [6.07, 6.45) is 0. The number of aromatic nitrogens is 1. The van der Waals surface area contributed by atoms with Gasteiger partial charge in [-0.3, -0.25) is 4.72 Å². The van der Waals surface area contributed by atoms with Gasteiger partial charge < -0.3 is 15.0 Å². The Kier molecular flexibility index (Phi) is 3.58. The molecule has 2 aromatic rings. The van der Waals surface area contributed by atoms with Crippen LogP contribution in [-0.2, 0) is 10.0 Å². The highest BCUT2D eigenvalue weighted by molar-refractivity contribution is 7.92. The van der Waals surface area contributed by atoms with Crippen molar-refractivity contribution in [2.45, 2.75) is 18.7 Å². The van der Waals surface area contributed by atoms with Crippen LogP contribution < -0.4 is 15.2 Å². The van der Waals surface area contributed by atoms with E-state index in [0.29, 0.717) is 11.4 Å². The molecule has 0 saturated carbocycles. The van der Waals surface area contributed by atoms with Crippen molar-refractivity contribution in [1.29, 1.82) is 0 Å². The van der Waals surface area contributed by atoms with Crippen LogP contribution in [0.25, 0.3) is 0 Å². The molecule has 0 bridgehead atoms. The average molecular weight is 297 g/mol. The number of aryl methyl sites for hydroxylation is 2. The topological polar surface area (TPSA) is 107 Å². The van der Waals surface area contributed by atoms with E-state index in [-0.39, 0.29) is 22.0 Å². The van der Waals surface area contributed by atoms with Crippen molar-refractivity contribution in [3.8, 4) is 5.75 Å². The van der Waals surface area contributed by atoms with E-state index in [1.807, 2.05) is 0 Å². The Bertz CT molecular complexity index is 718. The summed E-state index contributed by atoms with van der Waals surface area (Å²) < 4.78 is 37.0. The van der Waals surface area contributed by atoms with Gasteiger partial charge in [0.15, 0.2) is 10.7 Å². The molecule has 0 aliphatic heterocycles. The number of hydrogen-bond acceptors (Lipinski definition) is 6. The van der Waals surface area contributed by atoms with Gasteiger partial charge in [-0.2, -0.15) is 0 Å². The maximum atomic E-state index is 12.3. The van der Waals surface area contributed by atoms with Crippen LogP contribution in [0.1, 0.15) is 11.5 Å². The number of nitrogen functional groups attached to an aromatic ring is 1. The van der Waals surface area contributed by atoms with Gasteiger partial charge in [0.2, 0.25) is 0 Å². The smallest absolute Gasteiger partial charge is 0.267 e. The van der Waals surface area contributed by atoms with Gasteiger partial charge in [0, 0.05) is 6.07 Å². The fraction of sp³-hybridized carbons (Fsp3) is 0.250. The summed E-state index contributed by atoms with van der Waals surface area (Å²) in [7, 11) is -2.34. The van der Waals surface area contributed by atoms with E-state index >= 15 is 0 Å². The van der Waals surface area contributed by atoms with Crippen molar-refractivity contribution in [3.05, 3.63) is 29.7 Å². The first-order chi connectivity index (χ1) is 9.35. The summed E-state index contributed by atoms with van der Waals surface area (Å²) in [5.41, 5.74) is 6.58. The van der Waals surface area contributed by atoms with Crippen LogP contribution in [0.4, 0.5) is 11.4 Å². The normalized spacial score (nSPS) is 11.3. The van der Waals surface area contributed by atoms with Gasteiger partial charge in [0.25, 0.3) is 10.0 Å². The lowest BCUT2D eigenvalue weighted by atomic mass is 10.2. The van der Waals surface area contributed by atoms with E-state index in [0.717, 1.165) is 0 Å². The Morgan fingerprint density at radius 3 is 2.60 bits per heavy atom. The molecule has 2 rings (SSSR count). The molecule has 0 unspecified atom stereocenters. The molecule has 0 radical (unpaired) electrons. The Morgan fingerprint density at radius 1 is 1.35 bits per heavy atom. The van der Waals surface area contributed by atoms with Gasteiger partial charge in [0.05, 0.1) is 18.5 Å². The van der Waals surface area contributed by atoms with E-state index in [1.54, 1.807) is 19.1 Å². The van der Waals surface area contributed by atoms with Crippen LogP contribution in [0.15, 0.2) is 27.6 Å². The van der Waals surface area contributed by atoms with Crippen LogP contribution in [0.3, 0.4) is 0 Å². The van der Waals surface area contributed by atoms with Crippen molar-refractivity contribution in [2.24, 2.45) is 0 Å². The molecule has 0 fully saturated rings. The van der Waals surface area contributed by atoms with E-state index in [4.69, 9.17) is 15.0 Å². The molecule has 3 N–H and O–H groups in total. The highest BCUT2D eigenvalue weighted by atomic mass is 32.2. The number of nitrogens with one attached hydrogen (secondary N) is 1. The minimum atomic E-state index is -3.82. The summed E-state index contributed by atoms with van der Waals surface area (Å²) in [6.45, 7) is 3.09. The lowest BCUT2D eigenvalue weighted by Crippen LogP contribution is -2.15. The molecule has 0 atom stereocenters. The second-order valence-electron chi connectivity index (χ2n) is 4.21. The summed E-state index contributed by atoms with van der Waals surface area (Å²) in [5.74, 6) is 0.715. The molecule has 1 aromatic carbocycles. The summed E-state index contributed by atoms with van der Waals surface area (Å²) >= 11 is 0. The number of nitrogens with zero attached hydrogens (tertiary/aromatic N) is 1. The molecule has 0 amide bonds. The van der Waals surface area contributed by atoms with E-state index in [1.165, 1.54) is 20.1 Å². The molecule has 0 spiro atoms. The SMILES string of the molecule is COc1ccc(N)c(NS(=O)(=O)c2c(C)noc2C)c1. The lowest BCUT2D eigenvalue weighted by molar-refractivity contribution is 0.390. The standard InChI is InChI=1S/C12H15N3O4S/c1-7-12(8(2)19-14-7)20(16,17)15-11-6-9(18-3)4-5-10(11)13/h4-6,15H,13H2,1-3H3. The van der Waals surface area contributed by atoms with Gasteiger partial charge in [-0.1, -0.05) is 5.16 Å². The Hall–Kier alpha value is -2.22. The first kappa shape index (κ1) is 14.2. The number of anilines is 2. The van der Waals surface area contributed by atoms with Gasteiger partial charge in [-0.15, -0.1) is 0 Å². The molecule has 1 heterocycles. The predicted molar refractivity (Wildman–Crippen MR) is 74.2 cm³/mol. The van der Waals surface area contributed by atoms with Crippen molar-refractivity contribution in [2.75, 3.05) is 17.6 Å². The van der Waals surface area contributed by atoms with Crippen LogP contribution >= 0.6 is 0 Å². The predicted octanol–water partition coefficient (Wildman–Crippen LogP) is 1.68. The summed E-state index contributed by atoms with van der Waals surface area (Å²) in [5, 5.41) is 3.63. The molecule has 1 aromatic heterocycles. The molecule has 0 saturated heterocycles. The third-order valence-electron chi connectivity index (χ3n) is 2.74. The van der Waals surface area contributed by atoms with Crippen LogP contribution in [0.5, 0.6) is 5.75 Å². The number of benzene rings is 1. The minimum absolute atomic E-state index is 0.0136. The Balaban J connectivity index is 2.43. The molecular weight excluding hydrogens is 282 g/mol. The number of sulfonamides is 1. The third kappa shape index (κ3) is 2.55. The number of nitrogens with two attached hydrogens (primary N) is 1. The number of methoxy groups -OCH3 is 1. The minimum Gasteiger partial charge on any atom is -0.497 e. The van der Waals surface area contributed by atoms with Gasteiger partial charge >= 0.3 is 0 Å². The first-order valence-electron chi connectivity index (χ1n) is 5.74. The van der Waals surface area contributed by atoms with Gasteiger partial charge in [-0.25, -0.2) is 8.42 Å². The zero-order valence-corrected chi connectivity index (χ0v) is 12.1. The molecule has 108 valence electrons. The van der Waals surface area contributed by atoms with Crippen molar-refractivity contribution < 1.29 is 17.7 Å². The Morgan fingerprint density at radius 2 is 2.05 bits per heavy atom. The van der Waals surface area contributed by atoms with Crippen LogP contribution in [-0.4, -0.2) is 20.7 Å². The number of rotatable bonds is 4. The van der Waals surface area contributed by atoms with Crippen LogP contribution in [0.2, 0.25) is 0 Å². The van der Waals surface area contributed by atoms with Crippen molar-refractivity contribution in [3.63, 3.8) is 0 Å². The second-order valence-corrected chi connectivity index (χ2v) is 5.83. The Labute approximate surface area is 116 Å². The molecule has 0 aliphatic carbocycles. The van der Waals surface area contributed by atoms with Crippen LogP contribution in [0, 0.1) is 13.8 Å². The van der Waals surface area contributed by atoms with E-state index in [2.05, 4.69) is 9.88 Å². The van der Waals surface area contributed by atoms with Gasteiger partial charge in [-0.05, 0) is 26.0 Å². The fourth-order valence-corrected chi connectivity index (χ4v) is 3.22. The van der Waals surface area contributed by atoms with E-state index in [9.17, 15) is 8.42 Å². The molecule has 20 heavy (non-hydrogen) atoms. The second kappa shape index (κ2) is 5.04. The molecule has 0 aliphatic rings. The molecular formula is C12H15N3O4S. The maximum absolute atomic E-state index is 12.3. The molecule has 8 heteroatoms. The monoisotopic (exact) mass is 297 g/mol. The fourth-order valence-electron chi connectivity index (χ4n) is 1.80. The highest BCUT2D eigenvalue weighted by Gasteiger charge is 2.25. The number of hydrogen-bond donors (Lipinski definition) is 2. The lowest BCUT2D eigenvalue weighted by Gasteiger charge is -2.11. The average Bonchev–Trinajstić information content (AvgIpc) is 2.72. The third-order valence-corrected chi connectivity index (χ3v) is 4.35.